The van der Waals surface area contributed by atoms with E-state index in [-0.39, 0.29) is 6.42 Å². The third-order valence-corrected chi connectivity index (χ3v) is 5.84. The predicted molar refractivity (Wildman–Crippen MR) is 112 cm³/mol. The molecule has 1 fully saturated rings. The minimum atomic E-state index is -0.770. The fourth-order valence-electron chi connectivity index (χ4n) is 4.24. The van der Waals surface area contributed by atoms with Gasteiger partial charge in [-0.15, -0.1) is 0 Å². The lowest BCUT2D eigenvalue weighted by Crippen LogP contribution is -2.09. The summed E-state index contributed by atoms with van der Waals surface area (Å²) in [7, 11) is 2.05. The van der Waals surface area contributed by atoms with Crippen molar-refractivity contribution in [3.63, 3.8) is 0 Å². The molecule has 0 radical (unpaired) electrons. The fourth-order valence-corrected chi connectivity index (χ4v) is 4.24. The van der Waals surface area contributed by atoms with Crippen LogP contribution < -0.4 is 4.74 Å². The maximum atomic E-state index is 11.0. The van der Waals surface area contributed by atoms with E-state index in [0.717, 1.165) is 29.0 Å². The van der Waals surface area contributed by atoms with Crippen LogP contribution in [0.25, 0.3) is 22.0 Å². The molecule has 4 nitrogen and oxygen atoms in total. The molecule has 4 heteroatoms. The smallest absolute Gasteiger partial charge is 0.303 e. The van der Waals surface area contributed by atoms with Gasteiger partial charge in [0, 0.05) is 36.1 Å². The Morgan fingerprint density at radius 2 is 1.96 bits per heavy atom. The average Bonchev–Trinajstić information content (AvgIpc) is 3.35. The van der Waals surface area contributed by atoms with Crippen LogP contribution in [0.1, 0.15) is 37.7 Å². The first-order valence-electron chi connectivity index (χ1n) is 10.1. The first-order chi connectivity index (χ1) is 13.6. The number of carboxylic acids is 1. The molecule has 0 atom stereocenters. The number of benzene rings is 2. The van der Waals surface area contributed by atoms with Crippen molar-refractivity contribution < 1.29 is 14.6 Å². The molecule has 1 saturated carbocycles. The molecule has 0 amide bonds. The minimum absolute atomic E-state index is 0.136. The monoisotopic (exact) mass is 377 g/mol. The van der Waals surface area contributed by atoms with E-state index in [1.807, 2.05) is 19.2 Å². The summed E-state index contributed by atoms with van der Waals surface area (Å²) in [5.41, 5.74) is 4.39. The molecule has 0 aliphatic heterocycles. The van der Waals surface area contributed by atoms with Crippen LogP contribution in [0.4, 0.5) is 0 Å². The highest BCUT2D eigenvalue weighted by Crippen LogP contribution is 2.37. The molecule has 0 spiro atoms. The van der Waals surface area contributed by atoms with Gasteiger partial charge in [-0.25, -0.2) is 0 Å². The minimum Gasteiger partial charge on any atom is -0.493 e. The first-order valence-corrected chi connectivity index (χ1v) is 10.1. The van der Waals surface area contributed by atoms with E-state index in [9.17, 15) is 4.79 Å². The van der Waals surface area contributed by atoms with E-state index in [1.165, 1.54) is 36.6 Å². The summed E-state index contributed by atoms with van der Waals surface area (Å²) in [6.45, 7) is 0.756. The van der Waals surface area contributed by atoms with Crippen LogP contribution in [0.2, 0.25) is 0 Å². The number of ether oxygens (including phenoxy) is 1. The Morgan fingerprint density at radius 1 is 1.14 bits per heavy atom. The molecular weight excluding hydrogens is 350 g/mol. The maximum Gasteiger partial charge on any atom is 0.303 e. The number of aliphatic carboxylic acids is 1. The Kier molecular flexibility index (Phi) is 5.38. The number of rotatable bonds is 7. The summed E-state index contributed by atoms with van der Waals surface area (Å²) in [4.78, 5) is 11.0. The lowest BCUT2D eigenvalue weighted by molar-refractivity contribution is -0.136. The fraction of sp³-hybridized carbons (Fsp3) is 0.375. The standard InChI is InChI=1S/C24H27NO3/c1-25-14-13-20-19(7-4-8-22(20)25)21-15-17(10-12-24(26)27)9-11-23(21)28-16-18-5-2-3-6-18/h4,7-9,11,13-15,18H,2-3,5-6,10,12,16H2,1H3,(H,26,27). The summed E-state index contributed by atoms with van der Waals surface area (Å²) in [6, 6.07) is 14.6. The zero-order valence-electron chi connectivity index (χ0n) is 16.4. The van der Waals surface area contributed by atoms with Crippen LogP contribution in [0.15, 0.2) is 48.7 Å². The van der Waals surface area contributed by atoms with Crippen molar-refractivity contribution in [1.82, 2.24) is 4.57 Å². The number of carboxylic acid groups (broad SMARTS) is 1. The molecular formula is C24H27NO3. The molecule has 28 heavy (non-hydrogen) atoms. The van der Waals surface area contributed by atoms with E-state index in [1.54, 1.807) is 0 Å². The molecule has 1 aromatic heterocycles. The van der Waals surface area contributed by atoms with Crippen LogP contribution in [0.5, 0.6) is 5.75 Å². The van der Waals surface area contributed by atoms with Crippen LogP contribution in [-0.2, 0) is 18.3 Å². The molecule has 4 rings (SSSR count). The zero-order valence-corrected chi connectivity index (χ0v) is 16.4. The van der Waals surface area contributed by atoms with Gasteiger partial charge in [0.05, 0.1) is 6.61 Å². The van der Waals surface area contributed by atoms with Crippen LogP contribution in [0.3, 0.4) is 0 Å². The van der Waals surface area contributed by atoms with Gasteiger partial charge in [-0.2, -0.15) is 0 Å². The topological polar surface area (TPSA) is 51.5 Å². The van der Waals surface area contributed by atoms with Crippen molar-refractivity contribution in [1.29, 1.82) is 0 Å². The summed E-state index contributed by atoms with van der Waals surface area (Å²) >= 11 is 0. The van der Waals surface area contributed by atoms with Crippen molar-refractivity contribution >= 4 is 16.9 Å². The second-order valence-corrected chi connectivity index (χ2v) is 7.85. The van der Waals surface area contributed by atoms with Gasteiger partial charge in [-0.05, 0) is 60.6 Å². The number of nitrogens with zero attached hydrogens (tertiary/aromatic N) is 1. The van der Waals surface area contributed by atoms with E-state index >= 15 is 0 Å². The quantitative estimate of drug-likeness (QED) is 0.597. The molecule has 3 aromatic rings. The third kappa shape index (κ3) is 3.91. The Morgan fingerprint density at radius 3 is 2.75 bits per heavy atom. The second-order valence-electron chi connectivity index (χ2n) is 7.85. The Hall–Kier alpha value is -2.75. The lowest BCUT2D eigenvalue weighted by atomic mass is 9.97. The highest BCUT2D eigenvalue weighted by Gasteiger charge is 2.18. The third-order valence-electron chi connectivity index (χ3n) is 5.84. The van der Waals surface area contributed by atoms with E-state index in [4.69, 9.17) is 9.84 Å². The number of hydrogen-bond acceptors (Lipinski definition) is 2. The van der Waals surface area contributed by atoms with Gasteiger partial charge < -0.3 is 14.4 Å². The van der Waals surface area contributed by atoms with Crippen molar-refractivity contribution in [2.75, 3.05) is 6.61 Å². The van der Waals surface area contributed by atoms with E-state index in [2.05, 4.69) is 41.1 Å². The molecule has 1 N–H and O–H groups in total. The lowest BCUT2D eigenvalue weighted by Gasteiger charge is -2.17. The average molecular weight is 377 g/mol. The largest absolute Gasteiger partial charge is 0.493 e. The summed E-state index contributed by atoms with van der Waals surface area (Å²) in [5.74, 6) is 0.766. The molecule has 0 bridgehead atoms. The number of hydrogen-bond donors (Lipinski definition) is 1. The van der Waals surface area contributed by atoms with Crippen molar-refractivity contribution in [3.8, 4) is 16.9 Å². The van der Waals surface area contributed by atoms with Gasteiger partial charge in [-0.3, -0.25) is 4.79 Å². The summed E-state index contributed by atoms with van der Waals surface area (Å²) < 4.78 is 8.41. The maximum absolute atomic E-state index is 11.0. The SMILES string of the molecule is Cn1ccc2c(-c3cc(CCC(=O)O)ccc3OCC3CCCC3)cccc21. The number of aromatic nitrogens is 1. The highest BCUT2D eigenvalue weighted by atomic mass is 16.5. The number of fused-ring (bicyclic) bond motifs is 1. The first kappa shape index (κ1) is 18.6. The predicted octanol–water partition coefficient (Wildman–Crippen LogP) is 5.43. The normalized spacial score (nSPS) is 14.6. The molecule has 1 heterocycles. The Balaban J connectivity index is 1.71. The second kappa shape index (κ2) is 8.09. The van der Waals surface area contributed by atoms with Crippen molar-refractivity contribution in [2.24, 2.45) is 13.0 Å². The molecule has 146 valence electrons. The van der Waals surface area contributed by atoms with Crippen molar-refractivity contribution in [2.45, 2.75) is 38.5 Å². The van der Waals surface area contributed by atoms with Crippen LogP contribution in [0, 0.1) is 5.92 Å². The van der Waals surface area contributed by atoms with Gasteiger partial charge in [0.1, 0.15) is 5.75 Å². The van der Waals surface area contributed by atoms with Gasteiger partial charge in [-0.1, -0.05) is 31.0 Å². The Labute approximate surface area is 165 Å². The van der Waals surface area contributed by atoms with Gasteiger partial charge in [0.25, 0.3) is 0 Å². The van der Waals surface area contributed by atoms with Gasteiger partial charge in [0.2, 0.25) is 0 Å². The van der Waals surface area contributed by atoms with E-state index < -0.39 is 5.97 Å². The number of carbonyl (C=O) groups is 1. The molecule has 1 aliphatic rings. The highest BCUT2D eigenvalue weighted by molar-refractivity contribution is 5.97. The van der Waals surface area contributed by atoms with Crippen LogP contribution >= 0.6 is 0 Å². The van der Waals surface area contributed by atoms with E-state index in [0.29, 0.717) is 12.3 Å². The molecule has 0 unspecified atom stereocenters. The van der Waals surface area contributed by atoms with Gasteiger partial charge in [0.15, 0.2) is 0 Å². The molecule has 1 aliphatic carbocycles. The molecule has 0 saturated heterocycles. The van der Waals surface area contributed by atoms with Crippen LogP contribution in [-0.4, -0.2) is 22.2 Å². The molecule has 2 aromatic carbocycles. The zero-order chi connectivity index (χ0) is 19.5. The number of aryl methyl sites for hydroxylation is 2. The summed E-state index contributed by atoms with van der Waals surface area (Å²) in [5, 5.41) is 10.2. The summed E-state index contributed by atoms with van der Waals surface area (Å²) in [6.07, 6.45) is 7.84. The van der Waals surface area contributed by atoms with Gasteiger partial charge >= 0.3 is 5.97 Å². The Bertz CT molecular complexity index is 983. The van der Waals surface area contributed by atoms with Crippen molar-refractivity contribution in [3.05, 3.63) is 54.2 Å².